The van der Waals surface area contributed by atoms with Crippen LogP contribution in [0.2, 0.25) is 0 Å². The number of hydrogen-bond donors (Lipinski definition) is 2. The van der Waals surface area contributed by atoms with Gasteiger partial charge in [-0.05, 0) is 12.1 Å². The highest BCUT2D eigenvalue weighted by atomic mass is 16.5. The van der Waals surface area contributed by atoms with Crippen LogP contribution in [0.15, 0.2) is 54.6 Å². The van der Waals surface area contributed by atoms with Gasteiger partial charge in [-0.15, -0.1) is 0 Å². The van der Waals surface area contributed by atoms with Gasteiger partial charge in [0.1, 0.15) is 23.1 Å². The van der Waals surface area contributed by atoms with Gasteiger partial charge in [0.05, 0.1) is 26.5 Å². The van der Waals surface area contributed by atoms with Crippen LogP contribution in [0.3, 0.4) is 0 Å². The molecule has 146 valence electrons. The minimum atomic E-state index is 0.580. The lowest BCUT2D eigenvalue weighted by atomic mass is 10.2. The Hall–Kier alpha value is -3.32. The van der Waals surface area contributed by atoms with Gasteiger partial charge in [-0.1, -0.05) is 30.3 Å². The quantitative estimate of drug-likeness (QED) is 0.544. The maximum atomic E-state index is 5.45. The van der Waals surface area contributed by atoms with Gasteiger partial charge >= 0.3 is 0 Å². The van der Waals surface area contributed by atoms with Gasteiger partial charge in [0, 0.05) is 31.4 Å². The lowest BCUT2D eigenvalue weighted by Gasteiger charge is -2.14. The Labute approximate surface area is 164 Å². The van der Waals surface area contributed by atoms with Gasteiger partial charge in [0.15, 0.2) is 5.82 Å². The zero-order valence-electron chi connectivity index (χ0n) is 16.2. The summed E-state index contributed by atoms with van der Waals surface area (Å²) in [5.41, 5.74) is 1.68. The second-order valence-electron chi connectivity index (χ2n) is 5.94. The molecular weight excluding hydrogens is 356 g/mol. The summed E-state index contributed by atoms with van der Waals surface area (Å²) in [6.07, 6.45) is 0. The summed E-state index contributed by atoms with van der Waals surface area (Å²) in [6.45, 7) is 1.22. The Bertz CT molecular complexity index is 903. The maximum Gasteiger partial charge on any atom is 0.163 e. The molecule has 3 rings (SSSR count). The molecule has 0 amide bonds. The summed E-state index contributed by atoms with van der Waals surface area (Å²) < 4.78 is 15.9. The normalized spacial score (nSPS) is 10.4. The fourth-order valence-corrected chi connectivity index (χ4v) is 2.65. The van der Waals surface area contributed by atoms with Crippen LogP contribution >= 0.6 is 0 Å². The number of hydrogen-bond acceptors (Lipinski definition) is 7. The number of ether oxygens (including phenoxy) is 3. The van der Waals surface area contributed by atoms with Gasteiger partial charge in [-0.25, -0.2) is 9.97 Å². The molecule has 2 aromatic carbocycles. The monoisotopic (exact) mass is 380 g/mol. The molecule has 0 aliphatic carbocycles. The number of aromatic nitrogens is 2. The predicted octanol–water partition coefficient (Wildman–Crippen LogP) is 3.96. The van der Waals surface area contributed by atoms with E-state index in [0.717, 1.165) is 17.0 Å². The topological polar surface area (TPSA) is 77.5 Å². The lowest BCUT2D eigenvalue weighted by molar-refractivity contribution is 0.210. The van der Waals surface area contributed by atoms with Crippen molar-refractivity contribution in [3.05, 3.63) is 54.6 Å². The fraction of sp³-hybridized carbons (Fsp3) is 0.238. The van der Waals surface area contributed by atoms with E-state index < -0.39 is 0 Å². The first-order valence-corrected chi connectivity index (χ1v) is 8.90. The molecule has 0 aliphatic heterocycles. The van der Waals surface area contributed by atoms with Crippen LogP contribution < -0.4 is 20.1 Å². The minimum absolute atomic E-state index is 0.580. The largest absolute Gasteiger partial charge is 0.497 e. The smallest absolute Gasteiger partial charge is 0.163 e. The maximum absolute atomic E-state index is 5.45. The van der Waals surface area contributed by atoms with Crippen molar-refractivity contribution in [2.24, 2.45) is 0 Å². The summed E-state index contributed by atoms with van der Waals surface area (Å²) in [5, 5.41) is 6.57. The molecule has 0 fully saturated rings. The third kappa shape index (κ3) is 4.89. The zero-order chi connectivity index (χ0) is 19.8. The van der Waals surface area contributed by atoms with Crippen molar-refractivity contribution >= 4 is 17.3 Å². The van der Waals surface area contributed by atoms with Crippen LogP contribution in [0.5, 0.6) is 11.5 Å². The Morgan fingerprint density at radius 2 is 1.64 bits per heavy atom. The fourth-order valence-electron chi connectivity index (χ4n) is 2.65. The van der Waals surface area contributed by atoms with Crippen molar-refractivity contribution in [2.75, 3.05) is 45.1 Å². The highest BCUT2D eigenvalue weighted by molar-refractivity contribution is 5.69. The molecule has 0 saturated heterocycles. The summed E-state index contributed by atoms with van der Waals surface area (Å²) in [5.74, 6) is 3.37. The third-order valence-corrected chi connectivity index (χ3v) is 4.04. The Morgan fingerprint density at radius 3 is 2.36 bits per heavy atom. The van der Waals surface area contributed by atoms with Gasteiger partial charge in [0.25, 0.3) is 0 Å². The van der Waals surface area contributed by atoms with Gasteiger partial charge in [-0.2, -0.15) is 0 Å². The van der Waals surface area contributed by atoms with Crippen molar-refractivity contribution < 1.29 is 14.2 Å². The van der Waals surface area contributed by atoms with Crippen molar-refractivity contribution in [1.29, 1.82) is 0 Å². The average Bonchev–Trinajstić information content (AvgIpc) is 2.74. The van der Waals surface area contributed by atoms with E-state index in [0.29, 0.717) is 36.4 Å². The van der Waals surface area contributed by atoms with E-state index >= 15 is 0 Å². The predicted molar refractivity (Wildman–Crippen MR) is 111 cm³/mol. The second-order valence-corrected chi connectivity index (χ2v) is 5.94. The summed E-state index contributed by atoms with van der Waals surface area (Å²) >= 11 is 0. The molecule has 28 heavy (non-hydrogen) atoms. The molecule has 7 heteroatoms. The van der Waals surface area contributed by atoms with E-state index in [2.05, 4.69) is 20.6 Å². The van der Waals surface area contributed by atoms with Crippen LogP contribution in [0.25, 0.3) is 11.4 Å². The number of rotatable bonds is 9. The molecule has 3 aromatic rings. The molecule has 7 nitrogen and oxygen atoms in total. The first-order chi connectivity index (χ1) is 13.7. The third-order valence-electron chi connectivity index (χ3n) is 4.04. The van der Waals surface area contributed by atoms with Crippen LogP contribution in [0.4, 0.5) is 17.3 Å². The molecule has 1 heterocycles. The van der Waals surface area contributed by atoms with E-state index in [9.17, 15) is 0 Å². The minimum Gasteiger partial charge on any atom is -0.497 e. The van der Waals surface area contributed by atoms with E-state index in [-0.39, 0.29) is 0 Å². The van der Waals surface area contributed by atoms with Crippen molar-refractivity contribution in [2.45, 2.75) is 0 Å². The molecule has 0 radical (unpaired) electrons. The highest BCUT2D eigenvalue weighted by Crippen LogP contribution is 2.32. The summed E-state index contributed by atoms with van der Waals surface area (Å²) in [6, 6.07) is 17.2. The van der Waals surface area contributed by atoms with E-state index in [4.69, 9.17) is 14.2 Å². The summed E-state index contributed by atoms with van der Waals surface area (Å²) in [4.78, 5) is 9.29. The molecule has 1 aromatic heterocycles. The van der Waals surface area contributed by atoms with Crippen molar-refractivity contribution in [1.82, 2.24) is 9.97 Å². The number of methoxy groups -OCH3 is 3. The molecule has 0 bridgehead atoms. The van der Waals surface area contributed by atoms with E-state index in [1.54, 1.807) is 21.3 Å². The number of anilines is 3. The van der Waals surface area contributed by atoms with Gasteiger partial charge in [0.2, 0.25) is 0 Å². The number of nitrogens with zero attached hydrogens (tertiary/aromatic N) is 2. The Balaban J connectivity index is 1.96. The van der Waals surface area contributed by atoms with Crippen LogP contribution in [0, 0.1) is 0 Å². The van der Waals surface area contributed by atoms with E-state index in [1.165, 1.54) is 0 Å². The molecule has 0 atom stereocenters. The molecule has 0 unspecified atom stereocenters. The first kappa shape index (κ1) is 19.4. The second kappa shape index (κ2) is 9.57. The molecule has 0 spiro atoms. The molecular formula is C21H24N4O3. The first-order valence-electron chi connectivity index (χ1n) is 8.90. The molecule has 2 N–H and O–H groups in total. The van der Waals surface area contributed by atoms with Crippen LogP contribution in [-0.4, -0.2) is 44.4 Å². The van der Waals surface area contributed by atoms with Crippen LogP contribution in [-0.2, 0) is 4.74 Å². The number of benzene rings is 2. The van der Waals surface area contributed by atoms with Crippen LogP contribution in [0.1, 0.15) is 0 Å². The average molecular weight is 380 g/mol. The van der Waals surface area contributed by atoms with E-state index in [1.807, 2.05) is 54.6 Å². The van der Waals surface area contributed by atoms with Gasteiger partial charge in [-0.3, -0.25) is 0 Å². The van der Waals surface area contributed by atoms with Gasteiger partial charge < -0.3 is 24.8 Å². The van der Waals surface area contributed by atoms with Crippen molar-refractivity contribution in [3.8, 4) is 22.9 Å². The molecule has 0 saturated carbocycles. The Morgan fingerprint density at radius 1 is 0.857 bits per heavy atom. The SMILES string of the molecule is COCCNc1cc(Nc2cc(OC)ccc2OC)nc(-c2ccccc2)n1. The van der Waals surface area contributed by atoms with Crippen molar-refractivity contribution in [3.63, 3.8) is 0 Å². The zero-order valence-corrected chi connectivity index (χ0v) is 16.2. The Kier molecular flexibility index (Phi) is 6.64. The number of nitrogens with one attached hydrogen (secondary N) is 2. The standard InChI is InChI=1S/C21H24N4O3/c1-26-12-11-22-19-14-20(25-21(24-19)15-7-5-4-6-8-15)23-17-13-16(27-2)9-10-18(17)28-3/h4-10,13-14H,11-12H2,1-3H3,(H2,22,23,24,25). The summed E-state index contributed by atoms with van der Waals surface area (Å²) in [7, 11) is 4.92. The highest BCUT2D eigenvalue weighted by Gasteiger charge is 2.10. The molecule has 0 aliphatic rings. The lowest BCUT2D eigenvalue weighted by Crippen LogP contribution is -2.10.